The van der Waals surface area contributed by atoms with E-state index in [4.69, 9.17) is 9.47 Å². The van der Waals surface area contributed by atoms with Crippen LogP contribution in [0.15, 0.2) is 35.2 Å². The van der Waals surface area contributed by atoms with Crippen LogP contribution in [0.25, 0.3) is 0 Å². The van der Waals surface area contributed by atoms with E-state index in [9.17, 15) is 8.42 Å². The Bertz CT molecular complexity index is 625. The first-order valence-electron chi connectivity index (χ1n) is 7.48. The van der Waals surface area contributed by atoms with Crippen LogP contribution in [0.1, 0.15) is 25.7 Å². The maximum atomic E-state index is 12.7. The second-order valence-corrected chi connectivity index (χ2v) is 7.26. The summed E-state index contributed by atoms with van der Waals surface area (Å²) in [4.78, 5) is 0.194. The largest absolute Gasteiger partial charge is 0.497 e. The van der Waals surface area contributed by atoms with Crippen LogP contribution in [0.4, 0.5) is 0 Å². The van der Waals surface area contributed by atoms with Crippen LogP contribution in [-0.4, -0.2) is 40.0 Å². The highest BCUT2D eigenvalue weighted by Gasteiger charge is 2.25. The Labute approximate surface area is 132 Å². The van der Waals surface area contributed by atoms with E-state index in [1.165, 1.54) is 4.31 Å². The fourth-order valence-electron chi connectivity index (χ4n) is 2.30. The van der Waals surface area contributed by atoms with E-state index >= 15 is 0 Å². The monoisotopic (exact) mass is 325 g/mol. The molecule has 1 aliphatic heterocycles. The normalized spacial score (nSPS) is 21.4. The molecule has 0 spiro atoms. The summed E-state index contributed by atoms with van der Waals surface area (Å²) in [6, 6.07) is 4.82. The SMILES string of the molecule is COc1ccc2c(c1)OCC/C=C/CCCCN(C)S2(=O)=O. The van der Waals surface area contributed by atoms with Gasteiger partial charge in [-0.05, 0) is 37.8 Å². The number of nitrogens with zero attached hydrogens (tertiary/aromatic N) is 1. The molecule has 0 N–H and O–H groups in total. The number of benzene rings is 1. The number of sulfonamides is 1. The number of allylic oxidation sites excluding steroid dienone is 1. The molecule has 0 unspecified atom stereocenters. The van der Waals surface area contributed by atoms with Crippen molar-refractivity contribution in [3.63, 3.8) is 0 Å². The van der Waals surface area contributed by atoms with Gasteiger partial charge in [0.15, 0.2) is 0 Å². The fraction of sp³-hybridized carbons (Fsp3) is 0.500. The summed E-state index contributed by atoms with van der Waals surface area (Å²) >= 11 is 0. The van der Waals surface area contributed by atoms with Crippen LogP contribution in [0.2, 0.25) is 0 Å². The predicted octanol–water partition coefficient (Wildman–Crippen LogP) is 2.82. The van der Waals surface area contributed by atoms with E-state index < -0.39 is 10.0 Å². The fourth-order valence-corrected chi connectivity index (χ4v) is 3.62. The molecule has 1 aromatic rings. The van der Waals surface area contributed by atoms with Gasteiger partial charge in [0.05, 0.1) is 13.7 Å². The van der Waals surface area contributed by atoms with Gasteiger partial charge in [-0.15, -0.1) is 0 Å². The highest BCUT2D eigenvalue weighted by atomic mass is 32.2. The van der Waals surface area contributed by atoms with Crippen LogP contribution in [-0.2, 0) is 10.0 Å². The maximum Gasteiger partial charge on any atom is 0.246 e. The zero-order valence-electron chi connectivity index (χ0n) is 13.1. The molecule has 0 amide bonds. The van der Waals surface area contributed by atoms with E-state index in [-0.39, 0.29) is 4.90 Å². The van der Waals surface area contributed by atoms with Gasteiger partial charge < -0.3 is 9.47 Å². The standard InChI is InChI=1S/C16H23NO4S/c1-17-11-7-5-3-4-6-8-12-21-15-13-14(20-2)9-10-16(15)22(17,18)19/h4,6,9-10,13H,3,5,7-8,11-12H2,1-2H3/b6-4+. The minimum atomic E-state index is -3.55. The molecule has 22 heavy (non-hydrogen) atoms. The minimum Gasteiger partial charge on any atom is -0.497 e. The van der Waals surface area contributed by atoms with Gasteiger partial charge >= 0.3 is 0 Å². The molecule has 1 aliphatic rings. The number of hydrogen-bond donors (Lipinski definition) is 0. The third-order valence-corrected chi connectivity index (χ3v) is 5.54. The van der Waals surface area contributed by atoms with Crippen LogP contribution in [0.3, 0.4) is 0 Å². The highest BCUT2D eigenvalue weighted by Crippen LogP contribution is 2.31. The first-order chi connectivity index (χ1) is 10.6. The molecule has 6 heteroatoms. The number of hydrogen-bond acceptors (Lipinski definition) is 4. The molecular weight excluding hydrogens is 302 g/mol. The molecule has 1 heterocycles. The summed E-state index contributed by atoms with van der Waals surface area (Å²) < 4.78 is 37.7. The smallest absolute Gasteiger partial charge is 0.246 e. The Morgan fingerprint density at radius 1 is 1.18 bits per heavy atom. The molecule has 0 aromatic heterocycles. The first kappa shape index (κ1) is 16.8. The van der Waals surface area contributed by atoms with Gasteiger partial charge in [0.25, 0.3) is 0 Å². The summed E-state index contributed by atoms with van der Waals surface area (Å²) in [5.41, 5.74) is 0. The van der Waals surface area contributed by atoms with Gasteiger partial charge in [-0.25, -0.2) is 12.7 Å². The molecule has 2 rings (SSSR count). The summed E-state index contributed by atoms with van der Waals surface area (Å²) in [7, 11) is -0.396. The van der Waals surface area contributed by atoms with Gasteiger partial charge in [0.2, 0.25) is 10.0 Å². The Hall–Kier alpha value is -1.53. The molecule has 0 fully saturated rings. The molecule has 5 nitrogen and oxygen atoms in total. The average molecular weight is 325 g/mol. The van der Waals surface area contributed by atoms with Crippen molar-refractivity contribution in [1.82, 2.24) is 4.31 Å². The van der Waals surface area contributed by atoms with Crippen LogP contribution < -0.4 is 9.47 Å². The van der Waals surface area contributed by atoms with Gasteiger partial charge in [-0.1, -0.05) is 12.2 Å². The zero-order valence-corrected chi connectivity index (χ0v) is 13.9. The Morgan fingerprint density at radius 3 is 2.73 bits per heavy atom. The third kappa shape index (κ3) is 4.01. The van der Waals surface area contributed by atoms with E-state index in [0.29, 0.717) is 24.7 Å². The third-order valence-electron chi connectivity index (χ3n) is 3.64. The Balaban J connectivity index is 2.38. The second-order valence-electron chi connectivity index (χ2n) is 5.24. The van der Waals surface area contributed by atoms with Gasteiger partial charge in [-0.3, -0.25) is 0 Å². The van der Waals surface area contributed by atoms with Crippen molar-refractivity contribution >= 4 is 10.0 Å². The summed E-state index contributed by atoms with van der Waals surface area (Å²) in [6.45, 7) is 0.942. The number of methoxy groups -OCH3 is 1. The topological polar surface area (TPSA) is 55.8 Å². The van der Waals surface area contributed by atoms with Crippen molar-refractivity contribution in [2.24, 2.45) is 0 Å². The number of rotatable bonds is 1. The molecule has 122 valence electrons. The van der Waals surface area contributed by atoms with Crippen LogP contribution in [0.5, 0.6) is 11.5 Å². The number of ether oxygens (including phenoxy) is 2. The van der Waals surface area contributed by atoms with Crippen LogP contribution >= 0.6 is 0 Å². The summed E-state index contributed by atoms with van der Waals surface area (Å²) in [5.74, 6) is 0.926. The van der Waals surface area contributed by atoms with E-state index in [1.807, 2.05) is 0 Å². The van der Waals surface area contributed by atoms with Crippen LogP contribution in [0, 0.1) is 0 Å². The Kier molecular flexibility index (Phi) is 5.85. The van der Waals surface area contributed by atoms with Gasteiger partial charge in [0.1, 0.15) is 16.4 Å². The average Bonchev–Trinajstić information content (AvgIpc) is 2.52. The van der Waals surface area contributed by atoms with Gasteiger partial charge in [0, 0.05) is 19.7 Å². The quantitative estimate of drug-likeness (QED) is 0.745. The molecule has 0 atom stereocenters. The zero-order chi connectivity index (χ0) is 16.0. The van der Waals surface area contributed by atoms with Crippen molar-refractivity contribution in [1.29, 1.82) is 0 Å². The van der Waals surface area contributed by atoms with E-state index in [0.717, 1.165) is 25.7 Å². The molecule has 0 radical (unpaired) electrons. The molecule has 0 saturated heterocycles. The number of fused-ring (bicyclic) bond motifs is 1. The first-order valence-corrected chi connectivity index (χ1v) is 8.92. The van der Waals surface area contributed by atoms with Crippen molar-refractivity contribution in [3.05, 3.63) is 30.4 Å². The summed E-state index contributed by atoms with van der Waals surface area (Å²) in [5, 5.41) is 0. The second kappa shape index (κ2) is 7.65. The maximum absolute atomic E-state index is 12.7. The molecule has 1 aromatic carbocycles. The lowest BCUT2D eigenvalue weighted by Gasteiger charge is -2.19. The minimum absolute atomic E-state index is 0.194. The van der Waals surface area contributed by atoms with E-state index in [2.05, 4.69) is 12.2 Å². The lowest BCUT2D eigenvalue weighted by Crippen LogP contribution is -2.28. The van der Waals surface area contributed by atoms with Gasteiger partial charge in [-0.2, -0.15) is 0 Å². The van der Waals surface area contributed by atoms with Crippen molar-refractivity contribution in [3.8, 4) is 11.5 Å². The van der Waals surface area contributed by atoms with Crippen molar-refractivity contribution < 1.29 is 17.9 Å². The molecular formula is C16H23NO4S. The molecule has 0 aliphatic carbocycles. The lowest BCUT2D eigenvalue weighted by molar-refractivity contribution is 0.312. The Morgan fingerprint density at radius 2 is 1.95 bits per heavy atom. The van der Waals surface area contributed by atoms with Crippen molar-refractivity contribution in [2.45, 2.75) is 30.6 Å². The molecule has 0 bridgehead atoms. The lowest BCUT2D eigenvalue weighted by atomic mass is 10.2. The van der Waals surface area contributed by atoms with E-state index in [1.54, 1.807) is 32.4 Å². The highest BCUT2D eigenvalue weighted by molar-refractivity contribution is 7.89. The van der Waals surface area contributed by atoms with Crippen molar-refractivity contribution in [2.75, 3.05) is 27.3 Å². The predicted molar refractivity (Wildman–Crippen MR) is 85.9 cm³/mol. The summed E-state index contributed by atoms with van der Waals surface area (Å²) in [6.07, 6.45) is 7.75. The molecule has 0 saturated carbocycles.